The minimum Gasteiger partial charge on any atom is -0.396 e. The van der Waals surface area contributed by atoms with E-state index in [1.54, 1.807) is 21.3 Å². The molecular weight excluding hydrogens is 1590 g/mol. The van der Waals surface area contributed by atoms with Crippen molar-refractivity contribution in [2.75, 3.05) is 47.8 Å². The monoisotopic (exact) mass is 1730 g/mol. The van der Waals surface area contributed by atoms with E-state index in [1.807, 2.05) is 88.4 Å². The lowest BCUT2D eigenvalue weighted by Gasteiger charge is -2.61. The molecule has 22 aliphatic rings. The highest BCUT2D eigenvalue weighted by Crippen LogP contribution is 2.67. The second-order valence-corrected chi connectivity index (χ2v) is 43.1. The van der Waals surface area contributed by atoms with Crippen LogP contribution >= 0.6 is 15.9 Å². The van der Waals surface area contributed by atoms with Crippen LogP contribution < -0.4 is 0 Å². The standard InChI is InChI=1S/C44H62O11.C37H60O11.C10H14O3.H2P2S/c1-24-12-14-33-26(3)35(47-38-42(33)31(24)16-18-40(5,50-38)52-54-42)20-28-22-45-44(30-10-8-7-9-11-30)46-23-29(37(28)49-44)21-36-27(4)34-15-13-25(2)32-17-19-41(6)51-39(48-36)43(32,34)55-53-41;1-19-7-9-27-21(3)29(41-32-36(27)25(19)11-13-34(5,43-32)45-47-36)15-23(17-38)31(40)24(18-39)16-30-22(4)28-10-8-20(2)26-12-14-35(6)44-33(42-30)37(26,28)48-46-35;1-11-10(12-2,13-3)9-7-5-4-6-8-9;1-2-3/h7-11,24-29,31-39H,12-23H2,1-6H3;19-33,38-40H,7-18H2,1-6H3;4-8H,1-3H3;1H2/p+1/t24-,25-,26-,27-,28?,29?,31+,32+,33+,34+,35-,36-,37?,38-,39-,40+,41+,42-,43-,44?;19-,20-,21-,22-,23?,24?,25+,26+,27+,28+,29-,30-,31?,32-,33-,34+,35+,36-,37-;;/m11../s1/i/hT. The van der Waals surface area contributed by atoms with Crippen molar-refractivity contribution >= 4 is 27.7 Å². The highest BCUT2D eigenvalue weighted by Gasteiger charge is 2.75. The average molecular weight is 1730 g/mol. The Morgan fingerprint density at radius 2 is 0.748 bits per heavy atom. The van der Waals surface area contributed by atoms with Gasteiger partial charge in [0.25, 0.3) is 0 Å². The van der Waals surface area contributed by atoms with Gasteiger partial charge in [-0.05, 0) is 201 Å². The number of ether oxygens (including phenoxy) is 14. The summed E-state index contributed by atoms with van der Waals surface area (Å²) in [5, 5.41) is 33.3. The number of aliphatic hydroxyl groups excluding tert-OH is 3. The summed E-state index contributed by atoms with van der Waals surface area (Å²) in [6.45, 7) is 26.0. The van der Waals surface area contributed by atoms with Crippen molar-refractivity contribution in [3.63, 3.8) is 0 Å². The number of fused-ring (bicyclic) bond motifs is 10. The topological polar surface area (TPSA) is 264 Å². The van der Waals surface area contributed by atoms with E-state index < -0.39 is 108 Å². The van der Waals surface area contributed by atoms with Gasteiger partial charge < -0.3 is 81.6 Å². The lowest BCUT2D eigenvalue weighted by atomic mass is 9.57. The molecule has 6 unspecified atom stereocenters. The second-order valence-electron chi connectivity index (χ2n) is 40.4. The van der Waals surface area contributed by atoms with Crippen LogP contribution in [0.2, 0.25) is 0 Å². The van der Waals surface area contributed by atoms with Gasteiger partial charge in [-0.1, -0.05) is 116 Å². The van der Waals surface area contributed by atoms with Crippen molar-refractivity contribution in [1.29, 1.82) is 1.28 Å². The molecule has 18 aliphatic heterocycles. The van der Waals surface area contributed by atoms with Gasteiger partial charge in [-0.3, -0.25) is 0 Å². The van der Waals surface area contributed by atoms with Crippen LogP contribution in [0.5, 0.6) is 0 Å². The average Bonchev–Trinajstić information content (AvgIpc) is 1.51. The first kappa shape index (κ1) is 88.0. The minimum atomic E-state index is -1.24. The summed E-state index contributed by atoms with van der Waals surface area (Å²) in [6, 6.07) is 19.6. The predicted octanol–water partition coefficient (Wildman–Crippen LogP) is 15.3. The second kappa shape index (κ2) is 34.7. The summed E-state index contributed by atoms with van der Waals surface area (Å²) >= 11 is 4.31. The summed E-state index contributed by atoms with van der Waals surface area (Å²) in [4.78, 5) is 49.8. The Morgan fingerprint density at radius 1 is 0.445 bits per heavy atom. The van der Waals surface area contributed by atoms with Crippen molar-refractivity contribution < 1.29 is 121 Å². The van der Waals surface area contributed by atoms with Gasteiger partial charge in [0.2, 0.25) is 23.1 Å². The van der Waals surface area contributed by atoms with E-state index in [0.717, 1.165) is 114 Å². The molecule has 0 aromatic heterocycles. The Kier molecular flexibility index (Phi) is 25.7. The van der Waals surface area contributed by atoms with Crippen LogP contribution in [0.3, 0.4) is 0 Å². The van der Waals surface area contributed by atoms with Crippen LogP contribution in [0.25, 0.3) is 0 Å². The zero-order valence-corrected chi connectivity index (χ0v) is 75.7. The summed E-state index contributed by atoms with van der Waals surface area (Å²) in [6.07, 6.45) is 14.5. The van der Waals surface area contributed by atoms with Gasteiger partial charge in [0, 0.05) is 119 Å². The number of methoxy groups -OCH3 is 3. The lowest BCUT2D eigenvalue weighted by Crippen LogP contribution is -2.71. The molecule has 4 spiro atoms. The van der Waals surface area contributed by atoms with Crippen LogP contribution in [-0.2, 0) is 129 Å². The third kappa shape index (κ3) is 15.2. The van der Waals surface area contributed by atoms with Crippen LogP contribution in [0.4, 0.5) is 0 Å². The zero-order chi connectivity index (χ0) is 84.7. The third-order valence-corrected chi connectivity index (χ3v) is 34.0. The van der Waals surface area contributed by atoms with Gasteiger partial charge in [-0.2, -0.15) is 0 Å². The molecule has 3 N–H and O–H groups in total. The predicted molar refractivity (Wildman–Crippen MR) is 439 cm³/mol. The van der Waals surface area contributed by atoms with E-state index in [-0.39, 0.29) is 115 Å². The molecule has 2 aromatic rings. The molecule has 24 rings (SSSR count). The molecule has 18 saturated heterocycles. The molecule has 18 heterocycles. The smallest absolute Gasteiger partial charge is 0.355 e. The lowest BCUT2D eigenvalue weighted by molar-refractivity contribution is -0.572. The maximum atomic E-state index is 11.9. The van der Waals surface area contributed by atoms with E-state index in [1.165, 1.54) is 12.8 Å². The number of benzene rings is 2. The molecule has 119 heavy (non-hydrogen) atoms. The van der Waals surface area contributed by atoms with Gasteiger partial charge >= 0.3 is 13.2 Å². The highest BCUT2D eigenvalue weighted by molar-refractivity contribution is 8.24. The quantitative estimate of drug-likeness (QED) is 0.0755. The Hall–Kier alpha value is -1.61. The summed E-state index contributed by atoms with van der Waals surface area (Å²) in [7, 11) is 6.83. The maximum absolute atomic E-state index is 11.9. The Balaban J connectivity index is 0.000000144. The number of rotatable bonds is 17. The zero-order valence-electron chi connectivity index (χ0n) is 73.8. The molecule has 0 radical (unpaired) electrons. The van der Waals surface area contributed by atoms with Crippen molar-refractivity contribution in [2.24, 2.45) is 118 Å². The molecule has 4 saturated carbocycles. The minimum absolute atomic E-state index is 0.0511. The van der Waals surface area contributed by atoms with Crippen LogP contribution in [0.15, 0.2) is 60.7 Å². The first-order chi connectivity index (χ1) is 57.4. The fourth-order valence-electron chi connectivity index (χ4n) is 27.2. The molecule has 38 atom stereocenters. The molecule has 2 aromatic carbocycles. The van der Waals surface area contributed by atoms with Crippen LogP contribution in [-0.4, -0.2) is 172 Å². The third-order valence-electron chi connectivity index (χ3n) is 34.0. The van der Waals surface area contributed by atoms with E-state index >= 15 is 0 Å². The van der Waals surface area contributed by atoms with Crippen LogP contribution in [0, 0.1) is 118 Å². The molecule has 28 heteroatoms. The molecule has 25 nitrogen and oxygen atoms in total. The van der Waals surface area contributed by atoms with Crippen molar-refractivity contribution in [1.82, 2.24) is 0 Å². The van der Waals surface area contributed by atoms with E-state index in [2.05, 4.69) is 76.1 Å². The normalized spacial score (nSPS) is 51.0. The number of aliphatic hydroxyl groups is 3. The Bertz CT molecular complexity index is 3640. The van der Waals surface area contributed by atoms with Crippen LogP contribution in [0.1, 0.15) is 223 Å². The summed E-state index contributed by atoms with van der Waals surface area (Å²) in [5.41, 5.74) is -0.756. The maximum Gasteiger partial charge on any atom is 0.355 e. The van der Waals surface area contributed by atoms with Crippen molar-refractivity contribution in [3.05, 3.63) is 71.8 Å². The van der Waals surface area contributed by atoms with Gasteiger partial charge in [-0.15, -0.1) is 0 Å². The highest BCUT2D eigenvalue weighted by atomic mass is 32.6. The molecule has 22 fully saturated rings. The van der Waals surface area contributed by atoms with E-state index in [0.29, 0.717) is 61.6 Å². The largest absolute Gasteiger partial charge is 0.396 e. The molecule has 4 aliphatic carbocycles. The fourth-order valence-corrected chi connectivity index (χ4v) is 27.2. The van der Waals surface area contributed by atoms with E-state index in [9.17, 15) is 15.3 Å². The SMILES string of the molecule is COC(OC)(OC)c1ccccc1.C[C@H]1[C@@H](CC(CO)C(O)C(CO)C[C@H]2O[C@@H]3O[C@]4(C)CC[C@H]5[C@H](C)CC[C@@H]([C@H]2C)[C@@]35OO4)O[C@@H]2O[C@]3(C)CC[C@H]4[C@H](C)CC[C@@H]1[C@@]24OO3.C[C@H]1[C@@H](CC2COC3(c4ccccc4)OCC(C[C@H]4O[C@@H]5O[C@]6(C)CC[C@H]7[C@H](C)CC[C@@H]([C@H]4C)[C@@]57OO6)C2O3)O[C@@H]2O[C@]3(C)CC[C@H]4[C@H](C)CC[C@@H]1[C@@]24OO3.[3H][P+](P)=S. The van der Waals surface area contributed by atoms with Crippen molar-refractivity contribution in [3.8, 4) is 0 Å². The Morgan fingerprint density at radius 3 is 1.06 bits per heavy atom. The number of hydrogen-bond acceptors (Lipinski definition) is 26. The number of hydrogen-bond donors (Lipinski definition) is 3. The summed E-state index contributed by atoms with van der Waals surface area (Å²) < 4.78 is 97.0. The van der Waals surface area contributed by atoms with Gasteiger partial charge in [0.05, 0.1) is 58.8 Å². The van der Waals surface area contributed by atoms with Gasteiger partial charge in [0.15, 0.2) is 66.4 Å². The summed E-state index contributed by atoms with van der Waals surface area (Å²) in [5.74, 6) is -1.69. The van der Waals surface area contributed by atoms with Crippen molar-refractivity contribution in [2.45, 2.75) is 331 Å². The van der Waals surface area contributed by atoms with Gasteiger partial charge in [-0.25, -0.2) is 39.1 Å². The molecule has 0 amide bonds. The molecule has 668 valence electrons. The van der Waals surface area contributed by atoms with E-state index in [4.69, 9.17) is 107 Å². The first-order valence-corrected chi connectivity index (χ1v) is 49.0. The Labute approximate surface area is 714 Å². The fraction of sp³-hybridized carbons (Fsp3) is 0.868. The molecular formula is C91H139O25P2S+. The first-order valence-electron chi connectivity index (χ1n) is 45.9. The van der Waals surface area contributed by atoms with Gasteiger partial charge in [0.1, 0.15) is 0 Å². The molecule has 10 bridgehead atoms.